The maximum atomic E-state index is 12.0. The number of halogens is 1. The molecule has 78 valence electrons. The molecule has 1 saturated carbocycles. The van der Waals surface area contributed by atoms with Gasteiger partial charge in [-0.3, -0.25) is 4.79 Å². The van der Waals surface area contributed by atoms with Crippen molar-refractivity contribution >= 4 is 38.2 Å². The van der Waals surface area contributed by atoms with E-state index in [1.54, 1.807) is 11.9 Å². The molecule has 1 aromatic rings. The zero-order chi connectivity index (χ0) is 11.1. The Bertz CT molecular complexity index is 445. The number of hydrogen-bond donors (Lipinski definition) is 0. The number of hydrogen-bond acceptors (Lipinski definition) is 3. The molecule has 0 N–H and O–H groups in total. The molecule has 0 unspecified atom stereocenters. The van der Waals surface area contributed by atoms with Gasteiger partial charge in [-0.1, -0.05) is 0 Å². The fourth-order valence-electron chi connectivity index (χ4n) is 1.40. The number of thiophene rings is 1. The van der Waals surface area contributed by atoms with Gasteiger partial charge in [0.15, 0.2) is 0 Å². The predicted molar refractivity (Wildman–Crippen MR) is 62.7 cm³/mol. The summed E-state index contributed by atoms with van der Waals surface area (Å²) in [5, 5.41) is 9.79. The lowest BCUT2D eigenvalue weighted by Gasteiger charge is -2.17. The summed E-state index contributed by atoms with van der Waals surface area (Å²) in [6.45, 7) is 0. The molecule has 1 fully saturated rings. The number of nitrogens with zero attached hydrogens (tertiary/aromatic N) is 2. The molecule has 0 spiro atoms. The van der Waals surface area contributed by atoms with Gasteiger partial charge in [-0.05, 0) is 40.9 Å². The Kier molecular flexibility index (Phi) is 2.57. The maximum Gasteiger partial charge on any atom is 0.247 e. The minimum atomic E-state index is -0.731. The molecule has 1 aromatic heterocycles. The molecule has 1 aliphatic carbocycles. The van der Waals surface area contributed by atoms with E-state index in [0.717, 1.165) is 8.79 Å². The first-order valence-corrected chi connectivity index (χ1v) is 6.15. The van der Waals surface area contributed by atoms with E-state index in [1.165, 1.54) is 11.3 Å². The summed E-state index contributed by atoms with van der Waals surface area (Å²) in [5.74, 6) is -0.0839. The third-order valence-corrected chi connectivity index (χ3v) is 4.27. The third-order valence-electron chi connectivity index (χ3n) is 2.57. The molecule has 0 radical (unpaired) electrons. The van der Waals surface area contributed by atoms with Crippen LogP contribution < -0.4 is 4.90 Å². The van der Waals surface area contributed by atoms with Crippen LogP contribution in [0.4, 0.5) is 5.00 Å². The summed E-state index contributed by atoms with van der Waals surface area (Å²) in [6, 6.07) is 5.89. The molecule has 1 amide bonds. The van der Waals surface area contributed by atoms with E-state index in [9.17, 15) is 4.79 Å². The van der Waals surface area contributed by atoms with Crippen molar-refractivity contribution in [2.75, 3.05) is 11.9 Å². The van der Waals surface area contributed by atoms with Crippen LogP contribution in [0.2, 0.25) is 0 Å². The van der Waals surface area contributed by atoms with Gasteiger partial charge in [-0.15, -0.1) is 11.3 Å². The maximum absolute atomic E-state index is 12.0. The van der Waals surface area contributed by atoms with Gasteiger partial charge < -0.3 is 4.90 Å². The molecule has 1 aliphatic rings. The average Bonchev–Trinajstić information content (AvgIpc) is 2.93. The van der Waals surface area contributed by atoms with E-state index in [0.29, 0.717) is 12.8 Å². The normalized spacial score (nSPS) is 16.9. The van der Waals surface area contributed by atoms with E-state index in [4.69, 9.17) is 5.26 Å². The lowest BCUT2D eigenvalue weighted by molar-refractivity contribution is -0.121. The number of carbonyl (C=O) groups is 1. The first kappa shape index (κ1) is 10.7. The van der Waals surface area contributed by atoms with Gasteiger partial charge in [-0.2, -0.15) is 5.26 Å². The van der Waals surface area contributed by atoms with Crippen LogP contribution in [0.15, 0.2) is 15.9 Å². The summed E-state index contributed by atoms with van der Waals surface area (Å²) in [6.07, 6.45) is 1.39. The highest BCUT2D eigenvalue weighted by Gasteiger charge is 2.52. The number of anilines is 1. The number of rotatable bonds is 2. The quantitative estimate of drug-likeness (QED) is 0.838. The zero-order valence-corrected chi connectivity index (χ0v) is 10.6. The standard InChI is InChI=1S/C10H9BrN2OS/c1-13(8-3-2-7(11)15-8)9(14)10(6-12)4-5-10/h2-3H,4-5H2,1H3. The minimum absolute atomic E-state index is 0.0839. The summed E-state index contributed by atoms with van der Waals surface area (Å²) in [4.78, 5) is 13.5. The molecule has 5 heteroatoms. The highest BCUT2D eigenvalue weighted by atomic mass is 79.9. The second-order valence-corrected chi connectivity index (χ2v) is 6.08. The molecule has 3 nitrogen and oxygen atoms in total. The van der Waals surface area contributed by atoms with Crippen molar-refractivity contribution in [3.63, 3.8) is 0 Å². The van der Waals surface area contributed by atoms with E-state index < -0.39 is 5.41 Å². The van der Waals surface area contributed by atoms with Crippen molar-refractivity contribution in [3.05, 3.63) is 15.9 Å². The van der Waals surface area contributed by atoms with Gasteiger partial charge in [-0.25, -0.2) is 0 Å². The van der Waals surface area contributed by atoms with Crippen molar-refractivity contribution < 1.29 is 4.79 Å². The van der Waals surface area contributed by atoms with Crippen LogP contribution in [0.3, 0.4) is 0 Å². The Hall–Kier alpha value is -0.860. The summed E-state index contributed by atoms with van der Waals surface area (Å²) in [5.41, 5.74) is -0.731. The molecular formula is C10H9BrN2OS. The van der Waals surface area contributed by atoms with Crippen LogP contribution in [-0.4, -0.2) is 13.0 Å². The second kappa shape index (κ2) is 3.62. The summed E-state index contributed by atoms with van der Waals surface area (Å²) in [7, 11) is 1.72. The number of nitriles is 1. The largest absolute Gasteiger partial charge is 0.306 e. The monoisotopic (exact) mass is 284 g/mol. The van der Waals surface area contributed by atoms with E-state index in [-0.39, 0.29) is 5.91 Å². The first-order chi connectivity index (χ1) is 7.09. The molecule has 0 aromatic carbocycles. The van der Waals surface area contributed by atoms with E-state index in [1.807, 2.05) is 12.1 Å². The fourth-order valence-corrected chi connectivity index (χ4v) is 2.73. The van der Waals surface area contributed by atoms with Crippen molar-refractivity contribution in [1.29, 1.82) is 5.26 Å². The van der Waals surface area contributed by atoms with Gasteiger partial charge in [0.25, 0.3) is 0 Å². The summed E-state index contributed by atoms with van der Waals surface area (Å²) < 4.78 is 0.985. The lowest BCUT2D eigenvalue weighted by atomic mass is 10.1. The molecule has 15 heavy (non-hydrogen) atoms. The van der Waals surface area contributed by atoms with Crippen molar-refractivity contribution in [1.82, 2.24) is 0 Å². The molecule has 0 aliphatic heterocycles. The van der Waals surface area contributed by atoms with Gasteiger partial charge in [0.2, 0.25) is 5.91 Å². The number of carbonyl (C=O) groups excluding carboxylic acids is 1. The smallest absolute Gasteiger partial charge is 0.247 e. The second-order valence-electron chi connectivity index (χ2n) is 3.64. The van der Waals surface area contributed by atoms with Gasteiger partial charge in [0, 0.05) is 7.05 Å². The molecule has 0 bridgehead atoms. The SMILES string of the molecule is CN(C(=O)C1(C#N)CC1)c1ccc(Br)s1. The van der Waals surface area contributed by atoms with Crippen LogP contribution in [0, 0.1) is 16.7 Å². The Balaban J connectivity index is 2.19. The highest BCUT2D eigenvalue weighted by Crippen LogP contribution is 2.47. The summed E-state index contributed by atoms with van der Waals surface area (Å²) >= 11 is 4.84. The van der Waals surface area contributed by atoms with Crippen LogP contribution in [0.1, 0.15) is 12.8 Å². The van der Waals surface area contributed by atoms with Crippen LogP contribution >= 0.6 is 27.3 Å². The van der Waals surface area contributed by atoms with Gasteiger partial charge >= 0.3 is 0 Å². The van der Waals surface area contributed by atoms with Crippen molar-refractivity contribution in [2.24, 2.45) is 5.41 Å². The fraction of sp³-hybridized carbons (Fsp3) is 0.400. The van der Waals surface area contributed by atoms with Crippen LogP contribution in [0.25, 0.3) is 0 Å². The Morgan fingerprint density at radius 3 is 2.73 bits per heavy atom. The van der Waals surface area contributed by atoms with Crippen molar-refractivity contribution in [2.45, 2.75) is 12.8 Å². The number of amides is 1. The molecular weight excluding hydrogens is 276 g/mol. The first-order valence-electron chi connectivity index (χ1n) is 4.54. The highest BCUT2D eigenvalue weighted by molar-refractivity contribution is 9.11. The lowest BCUT2D eigenvalue weighted by Crippen LogP contribution is -2.32. The van der Waals surface area contributed by atoms with Crippen molar-refractivity contribution in [3.8, 4) is 6.07 Å². The topological polar surface area (TPSA) is 44.1 Å². The van der Waals surface area contributed by atoms with Gasteiger partial charge in [0.1, 0.15) is 5.41 Å². The Morgan fingerprint density at radius 2 is 2.33 bits per heavy atom. The molecule has 2 rings (SSSR count). The third kappa shape index (κ3) is 1.80. The zero-order valence-electron chi connectivity index (χ0n) is 8.16. The molecule has 0 atom stereocenters. The van der Waals surface area contributed by atoms with Gasteiger partial charge in [0.05, 0.1) is 14.9 Å². The van der Waals surface area contributed by atoms with Crippen LogP contribution in [-0.2, 0) is 4.79 Å². The van der Waals surface area contributed by atoms with Crippen LogP contribution in [0.5, 0.6) is 0 Å². The van der Waals surface area contributed by atoms with E-state index in [2.05, 4.69) is 22.0 Å². The molecule has 1 heterocycles. The molecule has 0 saturated heterocycles. The van der Waals surface area contributed by atoms with E-state index >= 15 is 0 Å². The predicted octanol–water partition coefficient (Wildman–Crippen LogP) is 2.78. The Morgan fingerprint density at radius 1 is 1.67 bits per heavy atom. The Labute approximate surface area is 100 Å². The minimum Gasteiger partial charge on any atom is -0.306 e. The average molecular weight is 285 g/mol.